The fourth-order valence-electron chi connectivity index (χ4n) is 2.71. The minimum absolute atomic E-state index is 0.586. The van der Waals surface area contributed by atoms with Crippen LogP contribution in [0.1, 0.15) is 13.3 Å². The Morgan fingerprint density at radius 2 is 2.16 bits per heavy atom. The number of rotatable bonds is 4. The highest BCUT2D eigenvalue weighted by Gasteiger charge is 2.29. The average molecular weight is 326 g/mol. The molecule has 1 heterocycles. The smallest absolute Gasteiger partial charge is 0.0429 e. The van der Waals surface area contributed by atoms with Gasteiger partial charge < -0.3 is 10.2 Å². The van der Waals surface area contributed by atoms with E-state index in [1.165, 1.54) is 12.1 Å². The normalized spacial score (nSPS) is 24.7. The fraction of sp³-hybridized carbons (Fsp3) is 0.600. The number of hydrogen-bond acceptors (Lipinski definition) is 3. The standard InChI is InChI=1S/C15H24BrN3/c1-12-10-19(14-6-4-5-13(16)9-14)15(7-8-17-2)11-18(12)3/h4-6,9,12,15,17H,7-8,10-11H2,1-3H3. The molecule has 0 radical (unpaired) electrons. The zero-order chi connectivity index (χ0) is 13.8. The van der Waals surface area contributed by atoms with Crippen molar-refractivity contribution in [2.45, 2.75) is 25.4 Å². The van der Waals surface area contributed by atoms with Gasteiger partial charge in [0.05, 0.1) is 0 Å². The zero-order valence-corrected chi connectivity index (χ0v) is 13.7. The van der Waals surface area contributed by atoms with Crippen LogP contribution in [0.25, 0.3) is 0 Å². The molecule has 0 amide bonds. The number of nitrogens with zero attached hydrogens (tertiary/aromatic N) is 2. The molecule has 19 heavy (non-hydrogen) atoms. The van der Waals surface area contributed by atoms with Crippen LogP contribution in [0.15, 0.2) is 28.7 Å². The van der Waals surface area contributed by atoms with Crippen LogP contribution in [0.5, 0.6) is 0 Å². The molecule has 1 N–H and O–H groups in total. The third-order valence-corrected chi connectivity index (χ3v) is 4.51. The zero-order valence-electron chi connectivity index (χ0n) is 12.1. The summed E-state index contributed by atoms with van der Waals surface area (Å²) in [7, 11) is 4.26. The maximum Gasteiger partial charge on any atom is 0.0429 e. The van der Waals surface area contributed by atoms with E-state index in [1.807, 2.05) is 7.05 Å². The molecular weight excluding hydrogens is 302 g/mol. The van der Waals surface area contributed by atoms with Gasteiger partial charge in [-0.15, -0.1) is 0 Å². The van der Waals surface area contributed by atoms with Gasteiger partial charge in [-0.3, -0.25) is 4.90 Å². The van der Waals surface area contributed by atoms with Gasteiger partial charge in [0.25, 0.3) is 0 Å². The van der Waals surface area contributed by atoms with Crippen LogP contribution >= 0.6 is 15.9 Å². The molecule has 0 saturated carbocycles. The van der Waals surface area contributed by atoms with E-state index in [0.717, 1.165) is 24.1 Å². The lowest BCUT2D eigenvalue weighted by Crippen LogP contribution is -2.56. The summed E-state index contributed by atoms with van der Waals surface area (Å²) in [6.45, 7) is 5.60. The van der Waals surface area contributed by atoms with Crippen molar-refractivity contribution in [3.8, 4) is 0 Å². The summed E-state index contributed by atoms with van der Waals surface area (Å²) in [4.78, 5) is 5.03. The molecule has 106 valence electrons. The van der Waals surface area contributed by atoms with Crippen LogP contribution < -0.4 is 10.2 Å². The molecule has 1 aromatic rings. The number of hydrogen-bond donors (Lipinski definition) is 1. The summed E-state index contributed by atoms with van der Waals surface area (Å²) < 4.78 is 1.16. The average Bonchev–Trinajstić information content (AvgIpc) is 2.39. The van der Waals surface area contributed by atoms with Crippen LogP contribution in [0.3, 0.4) is 0 Å². The largest absolute Gasteiger partial charge is 0.366 e. The van der Waals surface area contributed by atoms with Gasteiger partial charge in [0.15, 0.2) is 0 Å². The van der Waals surface area contributed by atoms with Crippen molar-refractivity contribution in [3.05, 3.63) is 28.7 Å². The van der Waals surface area contributed by atoms with Crippen molar-refractivity contribution < 1.29 is 0 Å². The topological polar surface area (TPSA) is 18.5 Å². The molecule has 1 aliphatic heterocycles. The van der Waals surface area contributed by atoms with E-state index < -0.39 is 0 Å². The number of piperazine rings is 1. The first-order valence-corrected chi connectivity index (χ1v) is 7.78. The molecule has 1 saturated heterocycles. The molecule has 4 heteroatoms. The summed E-state index contributed by atoms with van der Waals surface area (Å²) in [6.07, 6.45) is 1.18. The Morgan fingerprint density at radius 1 is 1.37 bits per heavy atom. The van der Waals surface area contributed by atoms with Gasteiger partial charge in [-0.1, -0.05) is 22.0 Å². The highest BCUT2D eigenvalue weighted by Crippen LogP contribution is 2.26. The van der Waals surface area contributed by atoms with Crippen molar-refractivity contribution in [2.24, 2.45) is 0 Å². The lowest BCUT2D eigenvalue weighted by molar-refractivity contribution is 0.195. The minimum atomic E-state index is 0.586. The van der Waals surface area contributed by atoms with E-state index in [-0.39, 0.29) is 0 Å². The third kappa shape index (κ3) is 3.71. The first-order valence-electron chi connectivity index (χ1n) is 6.99. The molecule has 2 unspecified atom stereocenters. The van der Waals surface area contributed by atoms with Gasteiger partial charge in [-0.2, -0.15) is 0 Å². The SMILES string of the molecule is CNCCC1CN(C)C(C)CN1c1cccc(Br)c1. The summed E-state index contributed by atoms with van der Waals surface area (Å²) in [5, 5.41) is 3.27. The van der Waals surface area contributed by atoms with E-state index >= 15 is 0 Å². The van der Waals surface area contributed by atoms with Gasteiger partial charge in [0.2, 0.25) is 0 Å². The third-order valence-electron chi connectivity index (χ3n) is 4.02. The molecule has 0 aliphatic carbocycles. The van der Waals surface area contributed by atoms with Crippen molar-refractivity contribution in [1.82, 2.24) is 10.2 Å². The summed E-state index contributed by atoms with van der Waals surface area (Å²) >= 11 is 3.58. The predicted molar refractivity (Wildman–Crippen MR) is 85.9 cm³/mol. The minimum Gasteiger partial charge on any atom is -0.366 e. The molecule has 1 aliphatic rings. The lowest BCUT2D eigenvalue weighted by atomic mass is 10.0. The van der Waals surface area contributed by atoms with Crippen LogP contribution in [0.4, 0.5) is 5.69 Å². The van der Waals surface area contributed by atoms with Crippen molar-refractivity contribution >= 4 is 21.6 Å². The second-order valence-electron chi connectivity index (χ2n) is 5.47. The Labute approximate surface area is 125 Å². The summed E-state index contributed by atoms with van der Waals surface area (Å²) in [6, 6.07) is 9.84. The summed E-state index contributed by atoms with van der Waals surface area (Å²) in [5.41, 5.74) is 1.33. The monoisotopic (exact) mass is 325 g/mol. The molecule has 0 aromatic heterocycles. The van der Waals surface area contributed by atoms with Crippen molar-refractivity contribution in [1.29, 1.82) is 0 Å². The van der Waals surface area contributed by atoms with Gasteiger partial charge in [-0.05, 0) is 52.2 Å². The van der Waals surface area contributed by atoms with E-state index in [1.54, 1.807) is 0 Å². The van der Waals surface area contributed by atoms with Crippen molar-refractivity contribution in [3.63, 3.8) is 0 Å². The van der Waals surface area contributed by atoms with Crippen LogP contribution in [-0.4, -0.2) is 50.7 Å². The lowest BCUT2D eigenvalue weighted by Gasteiger charge is -2.45. The number of likely N-dealkylation sites (N-methyl/N-ethyl adjacent to an activating group) is 1. The maximum absolute atomic E-state index is 3.58. The second-order valence-corrected chi connectivity index (χ2v) is 6.38. The number of benzene rings is 1. The maximum atomic E-state index is 3.58. The van der Waals surface area contributed by atoms with Crippen molar-refractivity contribution in [2.75, 3.05) is 38.6 Å². The Balaban J connectivity index is 2.18. The fourth-order valence-corrected chi connectivity index (χ4v) is 3.10. The number of halogens is 1. The predicted octanol–water partition coefficient (Wildman–Crippen LogP) is 2.57. The van der Waals surface area contributed by atoms with E-state index in [2.05, 4.69) is 69.3 Å². The molecule has 1 fully saturated rings. The molecule has 3 nitrogen and oxygen atoms in total. The van der Waals surface area contributed by atoms with Gasteiger partial charge >= 0.3 is 0 Å². The van der Waals surface area contributed by atoms with E-state index in [0.29, 0.717) is 12.1 Å². The Morgan fingerprint density at radius 3 is 2.84 bits per heavy atom. The first kappa shape index (κ1) is 14.8. The van der Waals surface area contributed by atoms with E-state index in [9.17, 15) is 0 Å². The summed E-state index contributed by atoms with van der Waals surface area (Å²) in [5.74, 6) is 0. The highest BCUT2D eigenvalue weighted by atomic mass is 79.9. The number of anilines is 1. The number of nitrogens with one attached hydrogen (secondary N) is 1. The Bertz CT molecular complexity index is 410. The van der Waals surface area contributed by atoms with Gasteiger partial charge in [0, 0.05) is 35.3 Å². The molecule has 2 atom stereocenters. The molecule has 2 rings (SSSR count). The Hall–Kier alpha value is -0.580. The van der Waals surface area contributed by atoms with Crippen LogP contribution in [-0.2, 0) is 0 Å². The van der Waals surface area contributed by atoms with Gasteiger partial charge in [0.1, 0.15) is 0 Å². The van der Waals surface area contributed by atoms with Crippen LogP contribution in [0, 0.1) is 0 Å². The highest BCUT2D eigenvalue weighted by molar-refractivity contribution is 9.10. The van der Waals surface area contributed by atoms with Gasteiger partial charge in [-0.25, -0.2) is 0 Å². The second kappa shape index (κ2) is 6.73. The molecule has 0 spiro atoms. The quantitative estimate of drug-likeness (QED) is 0.917. The Kier molecular flexibility index (Phi) is 5.25. The van der Waals surface area contributed by atoms with Crippen LogP contribution in [0.2, 0.25) is 0 Å². The van der Waals surface area contributed by atoms with E-state index in [4.69, 9.17) is 0 Å². The molecule has 0 bridgehead atoms. The molecular formula is C15H24BrN3. The molecule has 1 aromatic carbocycles. The first-order chi connectivity index (χ1) is 9.11.